The molecular weight excluding hydrogens is 396 g/mol. The largest absolute Gasteiger partial charge is 0.490 e. The lowest BCUT2D eigenvalue weighted by Gasteiger charge is -2.11. The molecule has 4 aromatic rings. The van der Waals surface area contributed by atoms with Gasteiger partial charge in [-0.1, -0.05) is 17.3 Å². The van der Waals surface area contributed by atoms with Gasteiger partial charge in [0.15, 0.2) is 0 Å². The zero-order chi connectivity index (χ0) is 22.0. The van der Waals surface area contributed by atoms with Crippen molar-refractivity contribution >= 4 is 16.9 Å². The van der Waals surface area contributed by atoms with Crippen molar-refractivity contribution in [2.45, 2.75) is 32.8 Å². The Kier molecular flexibility index (Phi) is 5.41. The standard InChI is InChI=1S/C23H20N4O4/c1-13(2)30-19-8-6-14(10-16(19)11-24)23-26-22(27-31-23)18-5-3-4-17-15(7-9-20(28)29)12-25-21(17)18/h3-6,8,10,12-13,25H,7,9H2,1-2H3,(H,28,29). The fraction of sp³-hybridized carbons (Fsp3) is 0.217. The van der Waals surface area contributed by atoms with Crippen LogP contribution < -0.4 is 4.74 Å². The Labute approximate surface area is 178 Å². The van der Waals surface area contributed by atoms with Crippen molar-refractivity contribution in [1.29, 1.82) is 5.26 Å². The number of H-pyrrole nitrogens is 1. The molecule has 4 rings (SSSR count). The molecule has 2 aromatic carbocycles. The number of aromatic nitrogens is 3. The molecule has 0 radical (unpaired) electrons. The first-order chi connectivity index (χ1) is 15.0. The van der Waals surface area contributed by atoms with E-state index < -0.39 is 5.97 Å². The summed E-state index contributed by atoms with van der Waals surface area (Å²) in [5.41, 5.74) is 3.48. The van der Waals surface area contributed by atoms with Crippen LogP contribution in [0, 0.1) is 11.3 Å². The molecule has 0 spiro atoms. The lowest BCUT2D eigenvalue weighted by molar-refractivity contribution is -0.136. The maximum Gasteiger partial charge on any atom is 0.303 e. The maximum absolute atomic E-state index is 10.9. The highest BCUT2D eigenvalue weighted by Gasteiger charge is 2.17. The van der Waals surface area contributed by atoms with Gasteiger partial charge in [-0.2, -0.15) is 10.2 Å². The summed E-state index contributed by atoms with van der Waals surface area (Å²) in [7, 11) is 0. The van der Waals surface area contributed by atoms with Gasteiger partial charge in [-0.15, -0.1) is 0 Å². The zero-order valence-electron chi connectivity index (χ0n) is 17.0. The highest BCUT2D eigenvalue weighted by Crippen LogP contribution is 2.31. The van der Waals surface area contributed by atoms with Gasteiger partial charge in [0.05, 0.1) is 17.2 Å². The number of ether oxygens (including phenoxy) is 1. The van der Waals surface area contributed by atoms with Gasteiger partial charge >= 0.3 is 5.97 Å². The number of fused-ring (bicyclic) bond motifs is 1. The minimum Gasteiger partial charge on any atom is -0.490 e. The molecule has 0 aliphatic heterocycles. The molecule has 0 bridgehead atoms. The highest BCUT2D eigenvalue weighted by molar-refractivity contribution is 5.94. The Morgan fingerprint density at radius 1 is 1.32 bits per heavy atom. The van der Waals surface area contributed by atoms with E-state index in [1.807, 2.05) is 38.2 Å². The van der Waals surface area contributed by atoms with Gasteiger partial charge in [-0.05, 0) is 50.1 Å². The van der Waals surface area contributed by atoms with Crippen molar-refractivity contribution in [3.8, 4) is 34.7 Å². The van der Waals surface area contributed by atoms with E-state index in [-0.39, 0.29) is 18.4 Å². The van der Waals surface area contributed by atoms with Crippen molar-refractivity contribution in [3.63, 3.8) is 0 Å². The maximum atomic E-state index is 10.9. The van der Waals surface area contributed by atoms with E-state index in [9.17, 15) is 10.1 Å². The predicted molar refractivity (Wildman–Crippen MR) is 113 cm³/mol. The van der Waals surface area contributed by atoms with E-state index in [4.69, 9.17) is 14.4 Å². The van der Waals surface area contributed by atoms with E-state index in [1.54, 1.807) is 18.2 Å². The van der Waals surface area contributed by atoms with Gasteiger partial charge < -0.3 is 19.4 Å². The second-order valence-electron chi connectivity index (χ2n) is 7.35. The zero-order valence-corrected chi connectivity index (χ0v) is 17.0. The molecule has 2 heterocycles. The number of carbonyl (C=O) groups is 1. The fourth-order valence-electron chi connectivity index (χ4n) is 3.40. The van der Waals surface area contributed by atoms with Crippen LogP contribution in [0.5, 0.6) is 5.75 Å². The van der Waals surface area contributed by atoms with Crippen LogP contribution in [0.3, 0.4) is 0 Å². The normalized spacial score (nSPS) is 11.0. The third kappa shape index (κ3) is 4.12. The first-order valence-corrected chi connectivity index (χ1v) is 9.82. The second kappa shape index (κ2) is 8.32. The van der Waals surface area contributed by atoms with E-state index in [1.165, 1.54) is 0 Å². The average Bonchev–Trinajstić information content (AvgIpc) is 3.39. The number of carboxylic acids is 1. The smallest absolute Gasteiger partial charge is 0.303 e. The van der Waals surface area contributed by atoms with E-state index in [0.717, 1.165) is 22.0 Å². The van der Waals surface area contributed by atoms with Gasteiger partial charge in [-0.3, -0.25) is 4.79 Å². The van der Waals surface area contributed by atoms with Crippen LogP contribution in [0.2, 0.25) is 0 Å². The molecule has 0 amide bonds. The number of benzene rings is 2. The van der Waals surface area contributed by atoms with Gasteiger partial charge in [0, 0.05) is 29.1 Å². The Morgan fingerprint density at radius 2 is 2.16 bits per heavy atom. The van der Waals surface area contributed by atoms with Crippen molar-refractivity contribution in [2.75, 3.05) is 0 Å². The Balaban J connectivity index is 1.67. The number of rotatable bonds is 7. The average molecular weight is 416 g/mol. The van der Waals surface area contributed by atoms with Crippen molar-refractivity contribution in [1.82, 2.24) is 15.1 Å². The van der Waals surface area contributed by atoms with Crippen LogP contribution in [-0.2, 0) is 11.2 Å². The topological polar surface area (TPSA) is 125 Å². The van der Waals surface area contributed by atoms with Crippen LogP contribution in [-0.4, -0.2) is 32.3 Å². The van der Waals surface area contributed by atoms with Crippen LogP contribution in [0.15, 0.2) is 47.1 Å². The summed E-state index contributed by atoms with van der Waals surface area (Å²) < 4.78 is 11.1. The molecule has 2 aromatic heterocycles. The van der Waals surface area contributed by atoms with Gasteiger partial charge in [-0.25, -0.2) is 0 Å². The molecule has 0 unspecified atom stereocenters. The van der Waals surface area contributed by atoms with Crippen LogP contribution in [0.4, 0.5) is 0 Å². The quantitative estimate of drug-likeness (QED) is 0.452. The van der Waals surface area contributed by atoms with Crippen molar-refractivity contribution in [3.05, 3.63) is 53.7 Å². The summed E-state index contributed by atoms with van der Waals surface area (Å²) in [4.78, 5) is 18.6. The number of carboxylic acid groups (broad SMARTS) is 1. The number of nitrogens with zero attached hydrogens (tertiary/aromatic N) is 3. The molecule has 8 nitrogen and oxygen atoms in total. The number of aliphatic carboxylic acids is 1. The lowest BCUT2D eigenvalue weighted by atomic mass is 10.1. The third-order valence-electron chi connectivity index (χ3n) is 4.79. The highest BCUT2D eigenvalue weighted by atomic mass is 16.5. The summed E-state index contributed by atoms with van der Waals surface area (Å²) in [6, 6.07) is 13.0. The molecule has 0 saturated heterocycles. The lowest BCUT2D eigenvalue weighted by Crippen LogP contribution is -2.06. The van der Waals surface area contributed by atoms with E-state index in [2.05, 4.69) is 21.2 Å². The molecule has 0 fully saturated rings. The number of hydrogen-bond acceptors (Lipinski definition) is 6. The van der Waals surface area contributed by atoms with Crippen LogP contribution in [0.1, 0.15) is 31.4 Å². The Bertz CT molecular complexity index is 1300. The molecule has 31 heavy (non-hydrogen) atoms. The summed E-state index contributed by atoms with van der Waals surface area (Å²) in [5.74, 6) is 0.353. The molecule has 0 atom stereocenters. The SMILES string of the molecule is CC(C)Oc1ccc(-c2nc(-c3cccc4c(CCC(=O)O)c[nH]c34)no2)cc1C#N. The fourth-order valence-corrected chi connectivity index (χ4v) is 3.40. The van der Waals surface area contributed by atoms with E-state index in [0.29, 0.717) is 29.1 Å². The molecule has 2 N–H and O–H groups in total. The number of para-hydroxylation sites is 1. The first kappa shape index (κ1) is 20.2. The van der Waals surface area contributed by atoms with Crippen LogP contribution in [0.25, 0.3) is 33.7 Å². The van der Waals surface area contributed by atoms with E-state index >= 15 is 0 Å². The van der Waals surface area contributed by atoms with Gasteiger partial charge in [0.25, 0.3) is 5.89 Å². The monoisotopic (exact) mass is 416 g/mol. The summed E-state index contributed by atoms with van der Waals surface area (Å²) >= 11 is 0. The summed E-state index contributed by atoms with van der Waals surface area (Å²) in [6.45, 7) is 3.79. The van der Waals surface area contributed by atoms with Crippen LogP contribution >= 0.6 is 0 Å². The number of nitrogens with one attached hydrogen (secondary N) is 1. The minimum absolute atomic E-state index is 0.0466. The summed E-state index contributed by atoms with van der Waals surface area (Å²) in [6.07, 6.45) is 2.25. The number of hydrogen-bond donors (Lipinski definition) is 2. The Morgan fingerprint density at radius 3 is 2.90 bits per heavy atom. The van der Waals surface area contributed by atoms with Crippen molar-refractivity contribution in [2.24, 2.45) is 0 Å². The molecular formula is C23H20N4O4. The Hall–Kier alpha value is -4.12. The molecule has 0 aliphatic rings. The minimum atomic E-state index is -0.838. The molecule has 156 valence electrons. The third-order valence-corrected chi connectivity index (χ3v) is 4.79. The molecule has 0 saturated carbocycles. The second-order valence-corrected chi connectivity index (χ2v) is 7.35. The first-order valence-electron chi connectivity index (χ1n) is 9.82. The van der Waals surface area contributed by atoms with Gasteiger partial charge in [0.2, 0.25) is 5.82 Å². The van der Waals surface area contributed by atoms with Crippen molar-refractivity contribution < 1.29 is 19.2 Å². The number of nitriles is 1. The predicted octanol–water partition coefficient (Wildman–Crippen LogP) is 4.56. The number of aryl methyl sites for hydroxylation is 1. The molecule has 8 heteroatoms. The summed E-state index contributed by atoms with van der Waals surface area (Å²) in [5, 5.41) is 23.4. The molecule has 0 aliphatic carbocycles. The number of aromatic amines is 1. The van der Waals surface area contributed by atoms with Gasteiger partial charge in [0.1, 0.15) is 11.8 Å².